The Hall–Kier alpha value is -2.56. The molecule has 19 heavy (non-hydrogen) atoms. The van der Waals surface area contributed by atoms with Crippen LogP contribution in [0.15, 0.2) is 52.2 Å². The van der Waals surface area contributed by atoms with Crippen molar-refractivity contribution in [1.82, 2.24) is 5.43 Å². The van der Waals surface area contributed by atoms with E-state index in [1.807, 2.05) is 31.2 Å². The summed E-state index contributed by atoms with van der Waals surface area (Å²) >= 11 is 0. The molecule has 98 valence electrons. The van der Waals surface area contributed by atoms with E-state index in [9.17, 15) is 4.79 Å². The first kappa shape index (κ1) is 12.9. The Kier molecular flexibility index (Phi) is 3.97. The van der Waals surface area contributed by atoms with Crippen molar-refractivity contribution >= 4 is 11.6 Å². The van der Waals surface area contributed by atoms with Gasteiger partial charge in [-0.3, -0.25) is 4.79 Å². The first-order valence-electron chi connectivity index (χ1n) is 5.73. The second-order valence-electron chi connectivity index (χ2n) is 3.84. The number of carbonyl (C=O) groups is 1. The van der Waals surface area contributed by atoms with E-state index in [2.05, 4.69) is 10.5 Å². The van der Waals surface area contributed by atoms with Crippen LogP contribution in [0.4, 0.5) is 0 Å². The van der Waals surface area contributed by atoms with Crippen LogP contribution < -0.4 is 10.2 Å². The molecule has 5 nitrogen and oxygen atoms in total. The molecule has 0 aliphatic rings. The zero-order chi connectivity index (χ0) is 13.7. The van der Waals surface area contributed by atoms with Crippen molar-refractivity contribution in [1.29, 1.82) is 0 Å². The lowest BCUT2D eigenvalue weighted by molar-refractivity contribution is 0.0927. The van der Waals surface area contributed by atoms with E-state index in [-0.39, 0.29) is 11.7 Å². The molecule has 0 aliphatic carbocycles. The van der Waals surface area contributed by atoms with Crippen LogP contribution in [-0.4, -0.2) is 18.7 Å². The lowest BCUT2D eigenvalue weighted by Gasteiger charge is -2.03. The number of methoxy groups -OCH3 is 1. The predicted molar refractivity (Wildman–Crippen MR) is 71.4 cm³/mol. The Bertz CT molecular complexity index is 571. The normalized spacial score (nSPS) is 11.2. The largest absolute Gasteiger partial charge is 0.497 e. The Morgan fingerprint density at radius 2 is 2.00 bits per heavy atom. The average molecular weight is 258 g/mol. The average Bonchev–Trinajstić information content (AvgIpc) is 2.98. The molecule has 2 aromatic rings. The highest BCUT2D eigenvalue weighted by molar-refractivity contribution is 6.00. The third-order valence-corrected chi connectivity index (χ3v) is 2.58. The molecule has 1 amide bonds. The maximum atomic E-state index is 11.6. The highest BCUT2D eigenvalue weighted by Gasteiger charge is 2.07. The van der Waals surface area contributed by atoms with E-state index < -0.39 is 0 Å². The summed E-state index contributed by atoms with van der Waals surface area (Å²) in [5, 5.41) is 4.02. The van der Waals surface area contributed by atoms with Gasteiger partial charge in [-0.25, -0.2) is 5.43 Å². The zero-order valence-electron chi connectivity index (χ0n) is 10.7. The van der Waals surface area contributed by atoms with Crippen molar-refractivity contribution in [2.24, 2.45) is 5.10 Å². The van der Waals surface area contributed by atoms with Gasteiger partial charge in [-0.05, 0) is 48.9 Å². The van der Waals surface area contributed by atoms with Gasteiger partial charge in [0, 0.05) is 0 Å². The van der Waals surface area contributed by atoms with E-state index in [1.54, 1.807) is 19.2 Å². The summed E-state index contributed by atoms with van der Waals surface area (Å²) in [6.45, 7) is 1.81. The van der Waals surface area contributed by atoms with Crippen molar-refractivity contribution in [3.05, 3.63) is 54.0 Å². The van der Waals surface area contributed by atoms with E-state index >= 15 is 0 Å². The fraction of sp³-hybridized carbons (Fsp3) is 0.143. The third kappa shape index (κ3) is 3.22. The summed E-state index contributed by atoms with van der Waals surface area (Å²) < 4.78 is 10.0. The number of hydrogen-bond donors (Lipinski definition) is 1. The molecule has 1 heterocycles. The molecule has 0 unspecified atom stereocenters. The molecule has 0 saturated heterocycles. The number of benzene rings is 1. The molecule has 0 fully saturated rings. The van der Waals surface area contributed by atoms with E-state index in [4.69, 9.17) is 9.15 Å². The first-order valence-corrected chi connectivity index (χ1v) is 5.73. The van der Waals surface area contributed by atoms with Crippen LogP contribution in [0, 0.1) is 0 Å². The Balaban J connectivity index is 2.04. The Morgan fingerprint density at radius 1 is 1.26 bits per heavy atom. The highest BCUT2D eigenvalue weighted by Crippen LogP contribution is 2.11. The quantitative estimate of drug-likeness (QED) is 0.676. The lowest BCUT2D eigenvalue weighted by atomic mass is 10.1. The van der Waals surface area contributed by atoms with Crippen LogP contribution in [0.3, 0.4) is 0 Å². The standard InChI is InChI=1S/C14H14N2O3/c1-10(11-5-7-12(18-2)8-6-11)15-16-14(17)13-4-3-9-19-13/h3-9H,1-2H3,(H,16,17). The fourth-order valence-corrected chi connectivity index (χ4v) is 1.49. The molecule has 1 aromatic carbocycles. The number of hydrogen-bond acceptors (Lipinski definition) is 4. The van der Waals surface area contributed by atoms with Gasteiger partial charge in [0.15, 0.2) is 5.76 Å². The number of hydrazone groups is 1. The van der Waals surface area contributed by atoms with Gasteiger partial charge >= 0.3 is 5.91 Å². The van der Waals surface area contributed by atoms with Gasteiger partial charge in [-0.15, -0.1) is 0 Å². The molecule has 1 N–H and O–H groups in total. The number of nitrogens with one attached hydrogen (secondary N) is 1. The zero-order valence-corrected chi connectivity index (χ0v) is 10.7. The number of carbonyl (C=O) groups excluding carboxylic acids is 1. The maximum absolute atomic E-state index is 11.6. The van der Waals surface area contributed by atoms with Crippen molar-refractivity contribution < 1.29 is 13.9 Å². The molecule has 0 saturated carbocycles. The van der Waals surface area contributed by atoms with Crippen LogP contribution >= 0.6 is 0 Å². The van der Waals surface area contributed by atoms with E-state index in [1.165, 1.54) is 6.26 Å². The van der Waals surface area contributed by atoms with Gasteiger partial charge in [0.2, 0.25) is 0 Å². The molecule has 0 atom stereocenters. The number of furan rings is 1. The molecular formula is C14H14N2O3. The number of ether oxygens (including phenoxy) is 1. The van der Waals surface area contributed by atoms with Gasteiger partial charge in [-0.1, -0.05) is 0 Å². The highest BCUT2D eigenvalue weighted by atomic mass is 16.5. The van der Waals surface area contributed by atoms with Crippen LogP contribution in [-0.2, 0) is 0 Å². The second-order valence-corrected chi connectivity index (χ2v) is 3.84. The van der Waals surface area contributed by atoms with Crippen molar-refractivity contribution in [2.45, 2.75) is 6.92 Å². The van der Waals surface area contributed by atoms with Gasteiger partial charge in [0.05, 0.1) is 19.1 Å². The molecule has 0 bridgehead atoms. The predicted octanol–water partition coefficient (Wildman–Crippen LogP) is 2.44. The number of amides is 1. The second kappa shape index (κ2) is 5.86. The van der Waals surface area contributed by atoms with Crippen LogP contribution in [0.25, 0.3) is 0 Å². The molecule has 0 aliphatic heterocycles. The summed E-state index contributed by atoms with van der Waals surface area (Å²) in [6, 6.07) is 10.6. The molecule has 5 heteroatoms. The fourth-order valence-electron chi connectivity index (χ4n) is 1.49. The summed E-state index contributed by atoms with van der Waals surface area (Å²) in [7, 11) is 1.61. The smallest absolute Gasteiger partial charge is 0.307 e. The Morgan fingerprint density at radius 3 is 2.58 bits per heavy atom. The minimum absolute atomic E-state index is 0.228. The monoisotopic (exact) mass is 258 g/mol. The van der Waals surface area contributed by atoms with Crippen molar-refractivity contribution in [3.63, 3.8) is 0 Å². The molecule has 0 spiro atoms. The summed E-state index contributed by atoms with van der Waals surface area (Å²) in [6.07, 6.45) is 1.44. The van der Waals surface area contributed by atoms with Crippen LogP contribution in [0.5, 0.6) is 5.75 Å². The Labute approximate surface area is 110 Å². The van der Waals surface area contributed by atoms with Gasteiger partial charge < -0.3 is 9.15 Å². The van der Waals surface area contributed by atoms with Gasteiger partial charge in [0.25, 0.3) is 0 Å². The molecule has 0 radical (unpaired) electrons. The summed E-state index contributed by atoms with van der Waals surface area (Å²) in [5.74, 6) is 0.625. The summed E-state index contributed by atoms with van der Waals surface area (Å²) in [5.41, 5.74) is 4.04. The molecule has 2 rings (SSSR count). The molecular weight excluding hydrogens is 244 g/mol. The topological polar surface area (TPSA) is 63.8 Å². The minimum atomic E-state index is -0.377. The third-order valence-electron chi connectivity index (χ3n) is 2.58. The first-order chi connectivity index (χ1) is 9.20. The van der Waals surface area contributed by atoms with Crippen LogP contribution in [0.1, 0.15) is 23.0 Å². The van der Waals surface area contributed by atoms with Crippen LogP contribution in [0.2, 0.25) is 0 Å². The van der Waals surface area contributed by atoms with Gasteiger partial charge in [-0.2, -0.15) is 5.10 Å². The summed E-state index contributed by atoms with van der Waals surface area (Å²) in [4.78, 5) is 11.6. The van der Waals surface area contributed by atoms with Crippen molar-refractivity contribution in [3.8, 4) is 5.75 Å². The van der Waals surface area contributed by atoms with Crippen molar-refractivity contribution in [2.75, 3.05) is 7.11 Å². The minimum Gasteiger partial charge on any atom is -0.497 e. The van der Waals surface area contributed by atoms with E-state index in [0.717, 1.165) is 11.3 Å². The van der Waals surface area contributed by atoms with Gasteiger partial charge in [0.1, 0.15) is 5.75 Å². The number of rotatable bonds is 4. The number of nitrogens with zero attached hydrogens (tertiary/aromatic N) is 1. The van der Waals surface area contributed by atoms with E-state index in [0.29, 0.717) is 5.71 Å². The lowest BCUT2D eigenvalue weighted by Crippen LogP contribution is -2.18. The molecule has 1 aromatic heterocycles. The maximum Gasteiger partial charge on any atom is 0.307 e. The SMILES string of the molecule is COc1ccc(C(C)=NNC(=O)c2ccco2)cc1.